The molecule has 1 aliphatic rings. The molecule has 0 heterocycles. The first-order valence-electron chi connectivity index (χ1n) is 6.07. The molecule has 100 valence electrons. The Morgan fingerprint density at radius 2 is 1.72 bits per heavy atom. The summed E-state index contributed by atoms with van der Waals surface area (Å²) in [4.78, 5) is 0. The van der Waals surface area contributed by atoms with Crippen LogP contribution in [0.15, 0.2) is 12.1 Å². The van der Waals surface area contributed by atoms with Crippen molar-refractivity contribution in [2.24, 2.45) is 11.8 Å². The van der Waals surface area contributed by atoms with Crippen LogP contribution in [0, 0.1) is 11.8 Å². The number of hydrogen-bond acceptors (Lipinski definition) is 3. The molecule has 0 aromatic heterocycles. The molecule has 0 bridgehead atoms. The van der Waals surface area contributed by atoms with Crippen molar-refractivity contribution in [3.63, 3.8) is 0 Å². The Hall–Kier alpha value is -1.09. The summed E-state index contributed by atoms with van der Waals surface area (Å²) in [7, 11) is 4.84. The summed E-state index contributed by atoms with van der Waals surface area (Å²) in [6.07, 6.45) is 1.17. The van der Waals surface area contributed by atoms with E-state index in [1.165, 1.54) is 6.42 Å². The van der Waals surface area contributed by atoms with Crippen LogP contribution >= 0.6 is 11.6 Å². The lowest BCUT2D eigenvalue weighted by Gasteiger charge is -2.18. The molecule has 1 saturated carbocycles. The van der Waals surface area contributed by atoms with E-state index in [4.69, 9.17) is 25.8 Å². The molecule has 1 fully saturated rings. The number of hydrogen-bond donors (Lipinski definition) is 0. The molecule has 0 aliphatic heterocycles. The largest absolute Gasteiger partial charge is 0.493 e. The van der Waals surface area contributed by atoms with E-state index in [9.17, 15) is 0 Å². The minimum Gasteiger partial charge on any atom is -0.493 e. The number of ether oxygens (including phenoxy) is 3. The number of rotatable bonds is 5. The molecular weight excluding hydrogens is 252 g/mol. The Morgan fingerprint density at radius 1 is 1.11 bits per heavy atom. The molecule has 3 nitrogen and oxygen atoms in total. The average Bonchev–Trinajstić information content (AvgIpc) is 3.12. The summed E-state index contributed by atoms with van der Waals surface area (Å²) in [5.74, 6) is 3.15. The highest BCUT2D eigenvalue weighted by Crippen LogP contribution is 2.54. The highest BCUT2D eigenvalue weighted by Gasteiger charge is 2.40. The molecule has 3 atom stereocenters. The second-order valence-electron chi connectivity index (χ2n) is 4.70. The summed E-state index contributed by atoms with van der Waals surface area (Å²) in [5, 5.41) is -0.0326. The lowest BCUT2D eigenvalue weighted by molar-refractivity contribution is 0.321. The third-order valence-electron chi connectivity index (χ3n) is 3.58. The highest BCUT2D eigenvalue weighted by atomic mass is 35.5. The quantitative estimate of drug-likeness (QED) is 0.765. The summed E-state index contributed by atoms with van der Waals surface area (Å²) in [6.45, 7) is 2.22. The molecule has 2 rings (SSSR count). The first-order chi connectivity index (χ1) is 8.63. The van der Waals surface area contributed by atoms with Crippen LogP contribution in [0.5, 0.6) is 17.2 Å². The van der Waals surface area contributed by atoms with E-state index < -0.39 is 0 Å². The fourth-order valence-electron chi connectivity index (χ4n) is 2.33. The van der Waals surface area contributed by atoms with Gasteiger partial charge >= 0.3 is 0 Å². The van der Waals surface area contributed by atoms with E-state index >= 15 is 0 Å². The van der Waals surface area contributed by atoms with Crippen molar-refractivity contribution in [3.05, 3.63) is 17.7 Å². The van der Waals surface area contributed by atoms with Crippen LogP contribution in [0.1, 0.15) is 24.3 Å². The van der Waals surface area contributed by atoms with Crippen molar-refractivity contribution in [3.8, 4) is 17.2 Å². The lowest BCUT2D eigenvalue weighted by atomic mass is 10.0. The first kappa shape index (κ1) is 13.3. The summed E-state index contributed by atoms with van der Waals surface area (Å²) in [5.41, 5.74) is 0.978. The van der Waals surface area contributed by atoms with Crippen LogP contribution in [0.25, 0.3) is 0 Å². The van der Waals surface area contributed by atoms with Gasteiger partial charge in [-0.05, 0) is 30.4 Å². The molecule has 0 amide bonds. The summed E-state index contributed by atoms with van der Waals surface area (Å²) >= 11 is 6.53. The second-order valence-corrected chi connectivity index (χ2v) is 5.17. The predicted octanol–water partition coefficient (Wildman–Crippen LogP) is 3.65. The van der Waals surface area contributed by atoms with Crippen LogP contribution in [0.3, 0.4) is 0 Å². The van der Waals surface area contributed by atoms with Crippen LogP contribution in [-0.4, -0.2) is 21.3 Å². The molecule has 4 heteroatoms. The van der Waals surface area contributed by atoms with Crippen LogP contribution < -0.4 is 14.2 Å². The topological polar surface area (TPSA) is 27.7 Å². The van der Waals surface area contributed by atoms with E-state index in [1.54, 1.807) is 21.3 Å². The van der Waals surface area contributed by atoms with Gasteiger partial charge in [0.1, 0.15) is 0 Å². The van der Waals surface area contributed by atoms with Crippen molar-refractivity contribution >= 4 is 11.6 Å². The van der Waals surface area contributed by atoms with Crippen molar-refractivity contribution in [1.29, 1.82) is 0 Å². The van der Waals surface area contributed by atoms with E-state index in [1.807, 2.05) is 12.1 Å². The molecule has 1 aliphatic carbocycles. The average molecular weight is 271 g/mol. The van der Waals surface area contributed by atoms with Gasteiger partial charge in [0.2, 0.25) is 5.75 Å². The van der Waals surface area contributed by atoms with Crippen LogP contribution in [0.2, 0.25) is 0 Å². The van der Waals surface area contributed by atoms with Gasteiger partial charge in [-0.2, -0.15) is 0 Å². The van der Waals surface area contributed by atoms with Gasteiger partial charge in [-0.15, -0.1) is 11.6 Å². The molecule has 0 N–H and O–H groups in total. The zero-order valence-corrected chi connectivity index (χ0v) is 12.0. The Morgan fingerprint density at radius 3 is 2.17 bits per heavy atom. The van der Waals surface area contributed by atoms with Gasteiger partial charge in [-0.3, -0.25) is 0 Å². The Balaban J connectivity index is 2.41. The molecule has 0 radical (unpaired) electrons. The maximum absolute atomic E-state index is 6.53. The number of methoxy groups -OCH3 is 3. The van der Waals surface area contributed by atoms with Gasteiger partial charge in [0.25, 0.3) is 0 Å². The Bertz CT molecular complexity index is 433. The Labute approximate surface area is 113 Å². The smallest absolute Gasteiger partial charge is 0.203 e. The second kappa shape index (κ2) is 5.27. The molecular formula is C14H19ClO3. The van der Waals surface area contributed by atoms with Gasteiger partial charge in [0, 0.05) is 5.56 Å². The zero-order valence-electron chi connectivity index (χ0n) is 11.2. The standard InChI is InChI=1S/C14H19ClO3/c1-8-7-10(8)12(15)9-5-6-11(16-2)14(18-4)13(9)17-3/h5-6,8,10,12H,7H2,1-4H3. The van der Waals surface area contributed by atoms with Gasteiger partial charge in [-0.1, -0.05) is 6.92 Å². The minimum atomic E-state index is -0.0326. The van der Waals surface area contributed by atoms with Gasteiger partial charge in [0.15, 0.2) is 11.5 Å². The minimum absolute atomic E-state index is 0.0326. The van der Waals surface area contributed by atoms with E-state index in [0.29, 0.717) is 29.1 Å². The maximum atomic E-state index is 6.53. The summed E-state index contributed by atoms with van der Waals surface area (Å²) in [6, 6.07) is 3.84. The molecule has 0 spiro atoms. The molecule has 0 saturated heterocycles. The number of halogens is 1. The highest BCUT2D eigenvalue weighted by molar-refractivity contribution is 6.21. The Kier molecular flexibility index (Phi) is 3.91. The van der Waals surface area contributed by atoms with Gasteiger partial charge in [-0.25, -0.2) is 0 Å². The molecule has 1 aromatic rings. The molecule has 18 heavy (non-hydrogen) atoms. The summed E-state index contributed by atoms with van der Waals surface area (Å²) < 4.78 is 16.1. The predicted molar refractivity (Wildman–Crippen MR) is 72.0 cm³/mol. The van der Waals surface area contributed by atoms with Crippen LogP contribution in [-0.2, 0) is 0 Å². The maximum Gasteiger partial charge on any atom is 0.203 e. The third-order valence-corrected chi connectivity index (χ3v) is 4.14. The van der Waals surface area contributed by atoms with Crippen molar-refractivity contribution in [2.75, 3.05) is 21.3 Å². The fourth-order valence-corrected chi connectivity index (χ4v) is 2.85. The van der Waals surface area contributed by atoms with E-state index in [0.717, 1.165) is 5.56 Å². The fraction of sp³-hybridized carbons (Fsp3) is 0.571. The molecule has 1 aromatic carbocycles. The van der Waals surface area contributed by atoms with Gasteiger partial charge < -0.3 is 14.2 Å². The number of benzene rings is 1. The lowest BCUT2D eigenvalue weighted by Crippen LogP contribution is -2.02. The van der Waals surface area contributed by atoms with Crippen LogP contribution in [0.4, 0.5) is 0 Å². The zero-order chi connectivity index (χ0) is 13.3. The van der Waals surface area contributed by atoms with Crippen molar-refractivity contribution in [2.45, 2.75) is 18.7 Å². The normalized spacial score (nSPS) is 23.4. The third kappa shape index (κ3) is 2.24. The van der Waals surface area contributed by atoms with E-state index in [-0.39, 0.29) is 5.38 Å². The van der Waals surface area contributed by atoms with E-state index in [2.05, 4.69) is 6.92 Å². The van der Waals surface area contributed by atoms with Crippen molar-refractivity contribution < 1.29 is 14.2 Å². The molecule has 3 unspecified atom stereocenters. The first-order valence-corrected chi connectivity index (χ1v) is 6.50. The SMILES string of the molecule is COc1ccc(C(Cl)C2CC2C)c(OC)c1OC. The number of alkyl halides is 1. The monoisotopic (exact) mass is 270 g/mol. The van der Waals surface area contributed by atoms with Crippen molar-refractivity contribution in [1.82, 2.24) is 0 Å². The van der Waals surface area contributed by atoms with Gasteiger partial charge in [0.05, 0.1) is 26.7 Å².